The first-order valence-electron chi connectivity index (χ1n) is 5.52. The minimum absolute atomic E-state index is 0.869. The van der Waals surface area contributed by atoms with E-state index in [1.165, 1.54) is 12.8 Å². The highest BCUT2D eigenvalue weighted by Gasteiger charge is 2.34. The highest BCUT2D eigenvalue weighted by Crippen LogP contribution is 2.43. The largest absolute Gasteiger partial charge is 0.0625 e. The molecule has 1 aliphatic carbocycles. The van der Waals surface area contributed by atoms with Gasteiger partial charge >= 0.3 is 0 Å². The summed E-state index contributed by atoms with van der Waals surface area (Å²) >= 11 is 0. The van der Waals surface area contributed by atoms with Gasteiger partial charge in [-0.05, 0) is 42.4 Å². The van der Waals surface area contributed by atoms with Crippen LogP contribution in [0.15, 0.2) is 0 Å². The smallest absolute Gasteiger partial charge is 0.0381 e. The van der Waals surface area contributed by atoms with Crippen LogP contribution < -0.4 is 0 Å². The van der Waals surface area contributed by atoms with Gasteiger partial charge < -0.3 is 0 Å². The van der Waals surface area contributed by atoms with E-state index < -0.39 is 0 Å². The molecule has 0 radical (unpaired) electrons. The molecule has 0 aliphatic heterocycles. The van der Waals surface area contributed by atoms with E-state index in [-0.39, 0.29) is 0 Å². The zero-order valence-corrected chi connectivity index (χ0v) is 9.30. The van der Waals surface area contributed by atoms with Crippen molar-refractivity contribution in [3.05, 3.63) is 0 Å². The molecular formula is C12H24. The van der Waals surface area contributed by atoms with Crippen molar-refractivity contribution >= 4 is 0 Å². The molecule has 0 N–H and O–H groups in total. The summed E-state index contributed by atoms with van der Waals surface area (Å²) in [6.45, 7) is 11.9. The Kier molecular flexibility index (Phi) is 3.20. The van der Waals surface area contributed by atoms with E-state index in [0.29, 0.717) is 0 Å². The van der Waals surface area contributed by atoms with Gasteiger partial charge in [-0.15, -0.1) is 0 Å². The van der Waals surface area contributed by atoms with Gasteiger partial charge in [0.15, 0.2) is 0 Å². The monoisotopic (exact) mass is 168 g/mol. The summed E-state index contributed by atoms with van der Waals surface area (Å²) in [5.74, 6) is 4.82. The Morgan fingerprint density at radius 1 is 1.17 bits per heavy atom. The Labute approximate surface area is 77.7 Å². The summed E-state index contributed by atoms with van der Waals surface area (Å²) in [5.41, 5.74) is 0. The van der Waals surface area contributed by atoms with Gasteiger partial charge in [0, 0.05) is 0 Å². The molecule has 0 spiro atoms. The molecular weight excluding hydrogens is 144 g/mol. The normalized spacial score (nSPS) is 38.0. The topological polar surface area (TPSA) is 0 Å². The first-order chi connectivity index (χ1) is 5.52. The number of hydrogen-bond acceptors (Lipinski definition) is 0. The van der Waals surface area contributed by atoms with Crippen molar-refractivity contribution in [1.29, 1.82) is 0 Å². The minimum Gasteiger partial charge on any atom is -0.0625 e. The molecule has 0 aromatic heterocycles. The van der Waals surface area contributed by atoms with Gasteiger partial charge in [-0.2, -0.15) is 0 Å². The second-order valence-corrected chi connectivity index (χ2v) is 5.29. The van der Waals surface area contributed by atoms with E-state index in [4.69, 9.17) is 0 Å². The molecule has 4 atom stereocenters. The summed E-state index contributed by atoms with van der Waals surface area (Å²) in [5, 5.41) is 0. The van der Waals surface area contributed by atoms with E-state index in [2.05, 4.69) is 34.6 Å². The Hall–Kier alpha value is 0. The van der Waals surface area contributed by atoms with Crippen LogP contribution in [-0.2, 0) is 0 Å². The number of hydrogen-bond donors (Lipinski definition) is 0. The maximum atomic E-state index is 2.42. The second kappa shape index (κ2) is 3.81. The molecule has 0 nitrogen and oxygen atoms in total. The highest BCUT2D eigenvalue weighted by atomic mass is 14.4. The van der Waals surface area contributed by atoms with Gasteiger partial charge in [-0.1, -0.05) is 34.6 Å². The molecule has 0 bridgehead atoms. The van der Waals surface area contributed by atoms with Crippen molar-refractivity contribution in [1.82, 2.24) is 0 Å². The fourth-order valence-electron chi connectivity index (χ4n) is 2.24. The van der Waals surface area contributed by atoms with Crippen LogP contribution in [0.4, 0.5) is 0 Å². The lowest BCUT2D eigenvalue weighted by atomic mass is 9.63. The minimum atomic E-state index is 0.869. The van der Waals surface area contributed by atoms with Gasteiger partial charge in [0.1, 0.15) is 0 Å². The third kappa shape index (κ3) is 2.02. The third-order valence-electron chi connectivity index (χ3n) is 4.13. The molecule has 72 valence electrons. The van der Waals surface area contributed by atoms with Crippen LogP contribution in [0.5, 0.6) is 0 Å². The number of rotatable bonds is 3. The van der Waals surface area contributed by atoms with E-state index in [9.17, 15) is 0 Å². The maximum absolute atomic E-state index is 2.42. The first kappa shape index (κ1) is 10.1. The molecule has 1 rings (SSSR count). The van der Waals surface area contributed by atoms with Crippen molar-refractivity contribution in [3.8, 4) is 0 Å². The van der Waals surface area contributed by atoms with Gasteiger partial charge in [-0.3, -0.25) is 0 Å². The summed E-state index contributed by atoms with van der Waals surface area (Å²) in [7, 11) is 0. The Bertz CT molecular complexity index is 137. The fourth-order valence-corrected chi connectivity index (χ4v) is 2.24. The first-order valence-corrected chi connectivity index (χ1v) is 5.52. The van der Waals surface area contributed by atoms with Crippen molar-refractivity contribution in [3.63, 3.8) is 0 Å². The van der Waals surface area contributed by atoms with Gasteiger partial charge in [0.25, 0.3) is 0 Å². The summed E-state index contributed by atoms with van der Waals surface area (Å²) in [6.07, 6.45) is 2.95. The molecule has 12 heavy (non-hydrogen) atoms. The SMILES string of the molecule is CC(C)C(C)CC1CC(C)C1C. The van der Waals surface area contributed by atoms with Crippen LogP contribution in [-0.4, -0.2) is 0 Å². The molecule has 0 aromatic rings. The Balaban J connectivity index is 2.24. The molecule has 4 unspecified atom stereocenters. The fraction of sp³-hybridized carbons (Fsp3) is 1.00. The van der Waals surface area contributed by atoms with Crippen LogP contribution >= 0.6 is 0 Å². The van der Waals surface area contributed by atoms with Crippen LogP contribution in [0.2, 0.25) is 0 Å². The average Bonchev–Trinajstić information content (AvgIpc) is 2.03. The zero-order valence-electron chi connectivity index (χ0n) is 9.30. The van der Waals surface area contributed by atoms with E-state index in [1.807, 2.05) is 0 Å². The summed E-state index contributed by atoms with van der Waals surface area (Å²) in [4.78, 5) is 0. The lowest BCUT2D eigenvalue weighted by molar-refractivity contribution is 0.0738. The maximum Gasteiger partial charge on any atom is -0.0381 e. The molecule has 1 aliphatic rings. The van der Waals surface area contributed by atoms with Gasteiger partial charge in [0.2, 0.25) is 0 Å². The second-order valence-electron chi connectivity index (χ2n) is 5.29. The molecule has 1 fully saturated rings. The van der Waals surface area contributed by atoms with E-state index in [0.717, 1.165) is 29.6 Å². The van der Waals surface area contributed by atoms with Crippen LogP contribution in [0.3, 0.4) is 0 Å². The Morgan fingerprint density at radius 2 is 1.75 bits per heavy atom. The average molecular weight is 168 g/mol. The lowest BCUT2D eigenvalue weighted by Crippen LogP contribution is -2.34. The lowest BCUT2D eigenvalue weighted by Gasteiger charge is -2.42. The molecule has 0 saturated heterocycles. The zero-order chi connectivity index (χ0) is 9.30. The van der Waals surface area contributed by atoms with Crippen molar-refractivity contribution in [2.45, 2.75) is 47.5 Å². The Morgan fingerprint density at radius 3 is 2.08 bits per heavy atom. The summed E-state index contributed by atoms with van der Waals surface area (Å²) in [6, 6.07) is 0. The van der Waals surface area contributed by atoms with Gasteiger partial charge in [-0.25, -0.2) is 0 Å². The summed E-state index contributed by atoms with van der Waals surface area (Å²) < 4.78 is 0. The molecule has 0 heteroatoms. The standard InChI is InChI=1S/C12H24/c1-8(2)9(3)6-12-7-10(4)11(12)5/h8-12H,6-7H2,1-5H3. The van der Waals surface area contributed by atoms with Crippen LogP contribution in [0, 0.1) is 29.6 Å². The quantitative estimate of drug-likeness (QED) is 0.598. The van der Waals surface area contributed by atoms with Crippen molar-refractivity contribution < 1.29 is 0 Å². The predicted molar refractivity (Wildman–Crippen MR) is 55.1 cm³/mol. The van der Waals surface area contributed by atoms with Gasteiger partial charge in [0.05, 0.1) is 0 Å². The predicted octanol–water partition coefficient (Wildman–Crippen LogP) is 3.96. The molecule has 1 saturated carbocycles. The highest BCUT2D eigenvalue weighted by molar-refractivity contribution is 4.84. The van der Waals surface area contributed by atoms with E-state index in [1.54, 1.807) is 0 Å². The molecule has 0 aromatic carbocycles. The van der Waals surface area contributed by atoms with Crippen molar-refractivity contribution in [2.24, 2.45) is 29.6 Å². The van der Waals surface area contributed by atoms with Crippen LogP contribution in [0.25, 0.3) is 0 Å². The van der Waals surface area contributed by atoms with E-state index >= 15 is 0 Å². The van der Waals surface area contributed by atoms with Crippen molar-refractivity contribution in [2.75, 3.05) is 0 Å². The molecule has 0 heterocycles. The van der Waals surface area contributed by atoms with Crippen LogP contribution in [0.1, 0.15) is 47.5 Å². The third-order valence-corrected chi connectivity index (χ3v) is 4.13. The molecule has 0 amide bonds.